The molecule has 18 heavy (non-hydrogen) atoms. The predicted octanol–water partition coefficient (Wildman–Crippen LogP) is 2.75. The molecular formula is C12H11BrO4S. The highest BCUT2D eigenvalue weighted by atomic mass is 79.9. The first-order valence-electron chi connectivity index (χ1n) is 5.09. The number of thioether (sulfide) groups is 1. The van der Waals surface area contributed by atoms with Crippen molar-refractivity contribution in [3.05, 3.63) is 34.3 Å². The zero-order chi connectivity index (χ0) is 13.7. The normalized spacial score (nSPS) is 11.9. The number of carbonyl (C=O) groups is 3. The standard InChI is InChI=1S/C12H11BrO4S/c1-7(14)18-11(12(16)17)6-10(15)8-2-4-9(13)5-3-8/h2-5,11H,6H2,1H3,(H,16,17). The molecule has 1 rings (SSSR count). The van der Waals surface area contributed by atoms with Crippen LogP contribution in [0.5, 0.6) is 0 Å². The van der Waals surface area contributed by atoms with Crippen molar-refractivity contribution in [1.82, 2.24) is 0 Å². The Hall–Kier alpha value is -1.14. The summed E-state index contributed by atoms with van der Waals surface area (Å²) in [6.07, 6.45) is -0.193. The van der Waals surface area contributed by atoms with Gasteiger partial charge >= 0.3 is 5.97 Å². The Labute approximate surface area is 117 Å². The number of carboxylic acids is 1. The molecule has 0 saturated carbocycles. The molecule has 0 radical (unpaired) electrons. The van der Waals surface area contributed by atoms with Crippen molar-refractivity contribution in [2.45, 2.75) is 18.6 Å². The van der Waals surface area contributed by atoms with Crippen LogP contribution in [0.15, 0.2) is 28.7 Å². The highest BCUT2D eigenvalue weighted by Gasteiger charge is 2.24. The average Bonchev–Trinajstić information content (AvgIpc) is 2.28. The minimum Gasteiger partial charge on any atom is -0.480 e. The molecule has 1 aromatic carbocycles. The van der Waals surface area contributed by atoms with Gasteiger partial charge in [-0.15, -0.1) is 0 Å². The van der Waals surface area contributed by atoms with E-state index in [1.807, 2.05) is 0 Å². The molecule has 0 aliphatic rings. The molecule has 1 aromatic rings. The lowest BCUT2D eigenvalue weighted by molar-refractivity contribution is -0.136. The molecule has 1 unspecified atom stereocenters. The summed E-state index contributed by atoms with van der Waals surface area (Å²) in [5, 5.41) is 7.59. The van der Waals surface area contributed by atoms with Gasteiger partial charge in [0.15, 0.2) is 10.9 Å². The molecule has 0 fully saturated rings. The molecule has 6 heteroatoms. The lowest BCUT2D eigenvalue weighted by Gasteiger charge is -2.09. The van der Waals surface area contributed by atoms with E-state index >= 15 is 0 Å². The maximum Gasteiger partial charge on any atom is 0.317 e. The van der Waals surface area contributed by atoms with E-state index in [2.05, 4.69) is 15.9 Å². The van der Waals surface area contributed by atoms with E-state index < -0.39 is 11.2 Å². The fourth-order valence-electron chi connectivity index (χ4n) is 1.30. The lowest BCUT2D eigenvalue weighted by atomic mass is 10.1. The van der Waals surface area contributed by atoms with Gasteiger partial charge in [0.05, 0.1) is 0 Å². The van der Waals surface area contributed by atoms with Crippen molar-refractivity contribution >= 4 is 44.6 Å². The second-order valence-corrected chi connectivity index (χ2v) is 5.87. The molecule has 0 aliphatic carbocycles. The number of Topliss-reactive ketones (excluding diaryl/α,β-unsaturated/α-hetero) is 1. The first-order chi connectivity index (χ1) is 8.40. The number of ketones is 1. The van der Waals surface area contributed by atoms with Gasteiger partial charge in [-0.1, -0.05) is 39.8 Å². The lowest BCUT2D eigenvalue weighted by Crippen LogP contribution is -2.21. The number of carbonyl (C=O) groups excluding carboxylic acids is 2. The highest BCUT2D eigenvalue weighted by Crippen LogP contribution is 2.19. The minimum absolute atomic E-state index is 0.193. The summed E-state index contributed by atoms with van der Waals surface area (Å²) in [6, 6.07) is 6.65. The van der Waals surface area contributed by atoms with E-state index in [9.17, 15) is 14.4 Å². The van der Waals surface area contributed by atoms with E-state index in [4.69, 9.17) is 5.11 Å². The van der Waals surface area contributed by atoms with Crippen LogP contribution in [-0.4, -0.2) is 27.2 Å². The summed E-state index contributed by atoms with van der Waals surface area (Å²) in [7, 11) is 0. The van der Waals surface area contributed by atoms with Gasteiger partial charge < -0.3 is 5.11 Å². The Balaban J connectivity index is 2.75. The first kappa shape index (κ1) is 14.9. The summed E-state index contributed by atoms with van der Waals surface area (Å²) in [4.78, 5) is 33.7. The third kappa shape index (κ3) is 4.62. The van der Waals surface area contributed by atoms with Gasteiger partial charge in [-0.2, -0.15) is 0 Å². The van der Waals surface area contributed by atoms with Crippen molar-refractivity contribution in [2.24, 2.45) is 0 Å². The molecule has 96 valence electrons. The highest BCUT2D eigenvalue weighted by molar-refractivity contribution is 9.10. The minimum atomic E-state index is -1.15. The van der Waals surface area contributed by atoms with Crippen molar-refractivity contribution in [3.8, 4) is 0 Å². The van der Waals surface area contributed by atoms with Crippen LogP contribution in [-0.2, 0) is 9.59 Å². The van der Waals surface area contributed by atoms with E-state index in [1.165, 1.54) is 6.92 Å². The van der Waals surface area contributed by atoms with Crippen molar-refractivity contribution < 1.29 is 19.5 Å². The molecule has 0 amide bonds. The molecule has 0 aromatic heterocycles. The van der Waals surface area contributed by atoms with E-state index in [0.717, 1.165) is 4.47 Å². The Kier molecular flexibility index (Phi) is 5.55. The quantitative estimate of drug-likeness (QED) is 0.840. The maximum atomic E-state index is 11.8. The number of aliphatic carboxylic acids is 1. The summed E-state index contributed by atoms with van der Waals surface area (Å²) in [6.45, 7) is 1.28. The van der Waals surface area contributed by atoms with E-state index in [1.54, 1.807) is 24.3 Å². The van der Waals surface area contributed by atoms with Crippen LogP contribution in [0, 0.1) is 0 Å². The molecule has 4 nitrogen and oxygen atoms in total. The Morgan fingerprint density at radius 2 is 1.83 bits per heavy atom. The molecule has 0 bridgehead atoms. The largest absolute Gasteiger partial charge is 0.480 e. The average molecular weight is 331 g/mol. The van der Waals surface area contributed by atoms with Gasteiger partial charge in [0.25, 0.3) is 0 Å². The predicted molar refractivity (Wildman–Crippen MR) is 72.8 cm³/mol. The topological polar surface area (TPSA) is 71.4 Å². The second-order valence-electron chi connectivity index (χ2n) is 3.57. The summed E-state index contributed by atoms with van der Waals surface area (Å²) in [5.74, 6) is -1.44. The Bertz CT molecular complexity index is 469. The Morgan fingerprint density at radius 3 is 2.28 bits per heavy atom. The van der Waals surface area contributed by atoms with Gasteiger partial charge in [0, 0.05) is 23.4 Å². The maximum absolute atomic E-state index is 11.8. The first-order valence-corrected chi connectivity index (χ1v) is 6.76. The number of hydrogen-bond acceptors (Lipinski definition) is 4. The molecular weight excluding hydrogens is 320 g/mol. The van der Waals surface area contributed by atoms with Gasteiger partial charge in [0.2, 0.25) is 0 Å². The van der Waals surface area contributed by atoms with Crippen molar-refractivity contribution in [1.29, 1.82) is 0 Å². The number of rotatable bonds is 5. The molecule has 1 atom stereocenters. The number of hydrogen-bond donors (Lipinski definition) is 1. The zero-order valence-corrected chi connectivity index (χ0v) is 12.0. The fourth-order valence-corrected chi connectivity index (χ4v) is 2.30. The SMILES string of the molecule is CC(=O)SC(CC(=O)c1ccc(Br)cc1)C(=O)O. The van der Waals surface area contributed by atoms with Crippen molar-refractivity contribution in [2.75, 3.05) is 0 Å². The molecule has 0 heterocycles. The van der Waals surface area contributed by atoms with Crippen LogP contribution in [0.25, 0.3) is 0 Å². The third-order valence-corrected chi connectivity index (χ3v) is 3.63. The summed E-state index contributed by atoms with van der Waals surface area (Å²) >= 11 is 3.91. The van der Waals surface area contributed by atoms with Gasteiger partial charge in [-0.3, -0.25) is 14.4 Å². The van der Waals surface area contributed by atoms with Crippen LogP contribution < -0.4 is 0 Å². The van der Waals surface area contributed by atoms with Crippen LogP contribution in [0.3, 0.4) is 0 Å². The van der Waals surface area contributed by atoms with Crippen molar-refractivity contribution in [3.63, 3.8) is 0 Å². The van der Waals surface area contributed by atoms with Gasteiger partial charge in [-0.25, -0.2) is 0 Å². The van der Waals surface area contributed by atoms with Gasteiger partial charge in [-0.05, 0) is 12.1 Å². The second kappa shape index (κ2) is 6.70. The van der Waals surface area contributed by atoms with E-state index in [0.29, 0.717) is 17.3 Å². The van der Waals surface area contributed by atoms with E-state index in [-0.39, 0.29) is 17.3 Å². The summed E-state index contributed by atoms with van der Waals surface area (Å²) in [5.41, 5.74) is 0.439. The third-order valence-electron chi connectivity index (χ3n) is 2.12. The fraction of sp³-hybridized carbons (Fsp3) is 0.250. The number of halogens is 1. The molecule has 1 N–H and O–H groups in total. The molecule has 0 saturated heterocycles. The van der Waals surface area contributed by atoms with Crippen LogP contribution in [0.1, 0.15) is 23.7 Å². The molecule has 0 aliphatic heterocycles. The van der Waals surface area contributed by atoms with Crippen LogP contribution in [0.2, 0.25) is 0 Å². The Morgan fingerprint density at radius 1 is 1.28 bits per heavy atom. The monoisotopic (exact) mass is 330 g/mol. The smallest absolute Gasteiger partial charge is 0.317 e. The molecule has 0 spiro atoms. The summed E-state index contributed by atoms with van der Waals surface area (Å²) < 4.78 is 0.840. The van der Waals surface area contributed by atoms with Crippen LogP contribution >= 0.6 is 27.7 Å². The number of carboxylic acid groups (broad SMARTS) is 1. The van der Waals surface area contributed by atoms with Crippen LogP contribution in [0.4, 0.5) is 0 Å². The zero-order valence-electron chi connectivity index (χ0n) is 9.55. The number of benzene rings is 1. The van der Waals surface area contributed by atoms with Gasteiger partial charge in [0.1, 0.15) is 5.25 Å².